The van der Waals surface area contributed by atoms with Gasteiger partial charge in [-0.15, -0.1) is 23.5 Å². The molecule has 0 aliphatic rings. The normalized spacial score (nSPS) is 12.1. The summed E-state index contributed by atoms with van der Waals surface area (Å²) in [7, 11) is 0. The number of hydrogen-bond acceptors (Lipinski definition) is 3. The monoisotopic (exact) mass is 470 g/mol. The van der Waals surface area contributed by atoms with Gasteiger partial charge in [0.1, 0.15) is 0 Å². The molecule has 1 heterocycles. The molecule has 1 aromatic heterocycles. The Labute approximate surface area is 195 Å². The van der Waals surface area contributed by atoms with Crippen molar-refractivity contribution in [3.05, 3.63) is 113 Å². The van der Waals surface area contributed by atoms with Gasteiger partial charge in [-0.1, -0.05) is 65.7 Å². The maximum atomic E-state index is 6.23. The molecule has 0 aliphatic carbocycles. The van der Waals surface area contributed by atoms with Gasteiger partial charge in [0.25, 0.3) is 0 Å². The summed E-state index contributed by atoms with van der Waals surface area (Å²) in [5.74, 6) is 0.969. The third-order valence-corrected chi connectivity index (χ3v) is 7.66. The number of nitrogens with zero attached hydrogens (tertiary/aromatic N) is 2. The molecule has 0 bridgehead atoms. The number of hydrogen-bond donors (Lipinski definition) is 0. The first-order chi connectivity index (χ1) is 14.7. The van der Waals surface area contributed by atoms with Gasteiger partial charge in [0, 0.05) is 34.5 Å². The van der Waals surface area contributed by atoms with E-state index < -0.39 is 0 Å². The molecule has 0 fully saturated rings. The van der Waals surface area contributed by atoms with Crippen LogP contribution in [0, 0.1) is 0 Å². The summed E-state index contributed by atoms with van der Waals surface area (Å²) in [4.78, 5) is 6.54. The molecule has 152 valence electrons. The van der Waals surface area contributed by atoms with Gasteiger partial charge in [0.05, 0.1) is 21.6 Å². The second-order valence-electron chi connectivity index (χ2n) is 6.79. The molecule has 4 aromatic rings. The predicted octanol–water partition coefficient (Wildman–Crippen LogP) is 8.02. The highest BCUT2D eigenvalue weighted by atomic mass is 35.5. The lowest BCUT2D eigenvalue weighted by atomic mass is 10.1. The minimum atomic E-state index is 0.226. The van der Waals surface area contributed by atoms with E-state index in [-0.39, 0.29) is 5.25 Å². The third kappa shape index (κ3) is 5.86. The van der Waals surface area contributed by atoms with Gasteiger partial charge in [-0.25, -0.2) is 4.98 Å². The SMILES string of the molecule is Clc1ccc(SC(Cn2ccnc2)c2ccc(SCc3ccccc3)cc2)cc1Cl. The molecule has 2 nitrogen and oxygen atoms in total. The summed E-state index contributed by atoms with van der Waals surface area (Å²) < 4.78 is 2.10. The van der Waals surface area contributed by atoms with Crippen molar-refractivity contribution in [1.82, 2.24) is 9.55 Å². The van der Waals surface area contributed by atoms with Crippen LogP contribution in [0.4, 0.5) is 0 Å². The van der Waals surface area contributed by atoms with Crippen molar-refractivity contribution >= 4 is 46.7 Å². The van der Waals surface area contributed by atoms with Crippen LogP contribution in [0.3, 0.4) is 0 Å². The molecule has 0 aliphatic heterocycles. The number of halogens is 2. The molecule has 1 unspecified atom stereocenters. The highest BCUT2D eigenvalue weighted by Gasteiger charge is 2.15. The van der Waals surface area contributed by atoms with Crippen LogP contribution < -0.4 is 0 Å². The van der Waals surface area contributed by atoms with Crippen molar-refractivity contribution < 1.29 is 0 Å². The maximum absolute atomic E-state index is 6.23. The maximum Gasteiger partial charge on any atom is 0.0946 e. The first kappa shape index (κ1) is 21.4. The lowest BCUT2D eigenvalue weighted by Gasteiger charge is -2.18. The van der Waals surface area contributed by atoms with Gasteiger partial charge in [0.2, 0.25) is 0 Å². The lowest BCUT2D eigenvalue weighted by Crippen LogP contribution is -2.05. The number of benzene rings is 3. The minimum absolute atomic E-state index is 0.226. The Bertz CT molecular complexity index is 1070. The average molecular weight is 471 g/mol. The summed E-state index contributed by atoms with van der Waals surface area (Å²) in [6, 6.07) is 25.2. The fourth-order valence-electron chi connectivity index (χ4n) is 3.03. The van der Waals surface area contributed by atoms with Gasteiger partial charge >= 0.3 is 0 Å². The largest absolute Gasteiger partial charge is 0.336 e. The smallest absolute Gasteiger partial charge is 0.0946 e. The minimum Gasteiger partial charge on any atom is -0.336 e. The molecule has 0 amide bonds. The summed E-state index contributed by atoms with van der Waals surface area (Å²) in [5.41, 5.74) is 2.60. The van der Waals surface area contributed by atoms with Crippen LogP contribution in [0.2, 0.25) is 10.0 Å². The van der Waals surface area contributed by atoms with Gasteiger partial charge in [-0.2, -0.15) is 0 Å². The van der Waals surface area contributed by atoms with Crippen molar-refractivity contribution in [2.75, 3.05) is 0 Å². The van der Waals surface area contributed by atoms with Gasteiger partial charge in [-0.3, -0.25) is 0 Å². The zero-order valence-corrected chi connectivity index (χ0v) is 19.3. The fraction of sp³-hybridized carbons (Fsp3) is 0.125. The molecule has 0 saturated carbocycles. The Morgan fingerprint density at radius 3 is 2.33 bits per heavy atom. The van der Waals surface area contributed by atoms with Crippen molar-refractivity contribution in [3.8, 4) is 0 Å². The Morgan fingerprint density at radius 2 is 1.63 bits per heavy atom. The second-order valence-corrected chi connectivity index (χ2v) is 9.92. The molecule has 3 aromatic carbocycles. The Hall–Kier alpha value is -1.85. The fourth-order valence-corrected chi connectivity index (χ4v) is 5.45. The molecule has 0 radical (unpaired) electrons. The van der Waals surface area contributed by atoms with E-state index in [0.717, 1.165) is 17.2 Å². The third-order valence-electron chi connectivity index (χ3n) is 4.61. The van der Waals surface area contributed by atoms with E-state index in [1.54, 1.807) is 11.8 Å². The van der Waals surface area contributed by atoms with Gasteiger partial charge in [0.15, 0.2) is 0 Å². The molecule has 6 heteroatoms. The molecule has 30 heavy (non-hydrogen) atoms. The summed E-state index contributed by atoms with van der Waals surface area (Å²) in [5, 5.41) is 1.38. The van der Waals surface area contributed by atoms with Crippen LogP contribution in [0.25, 0.3) is 0 Å². The van der Waals surface area contributed by atoms with Crippen LogP contribution in [0.15, 0.2) is 101 Å². The standard InChI is InChI=1S/C24H20Cl2N2S2/c25-22-11-10-21(14-23(22)26)30-24(15-28-13-12-27-17-28)19-6-8-20(9-7-19)29-16-18-4-2-1-3-5-18/h1-14,17,24H,15-16H2. The van der Waals surface area contributed by atoms with E-state index in [0.29, 0.717) is 10.0 Å². The first-order valence-corrected chi connectivity index (χ1v) is 12.1. The van der Waals surface area contributed by atoms with Crippen molar-refractivity contribution in [2.45, 2.75) is 27.3 Å². The van der Waals surface area contributed by atoms with E-state index >= 15 is 0 Å². The summed E-state index contributed by atoms with van der Waals surface area (Å²) >= 11 is 15.9. The van der Waals surface area contributed by atoms with Crippen molar-refractivity contribution in [3.63, 3.8) is 0 Å². The average Bonchev–Trinajstić information content (AvgIpc) is 3.29. The van der Waals surface area contributed by atoms with E-state index in [9.17, 15) is 0 Å². The van der Waals surface area contributed by atoms with Gasteiger partial charge in [-0.05, 0) is 41.5 Å². The molecule has 0 N–H and O–H groups in total. The molecule has 4 rings (SSSR count). The topological polar surface area (TPSA) is 17.8 Å². The molecule has 0 saturated heterocycles. The van der Waals surface area contributed by atoms with E-state index in [4.69, 9.17) is 23.2 Å². The number of imidazole rings is 1. The summed E-state index contributed by atoms with van der Waals surface area (Å²) in [6.45, 7) is 0.821. The highest BCUT2D eigenvalue weighted by Crippen LogP contribution is 2.39. The summed E-state index contributed by atoms with van der Waals surface area (Å²) in [6.07, 6.45) is 5.66. The van der Waals surface area contributed by atoms with Crippen LogP contribution >= 0.6 is 46.7 Å². The molecular weight excluding hydrogens is 451 g/mol. The van der Waals surface area contributed by atoms with E-state index in [2.05, 4.69) is 64.1 Å². The van der Waals surface area contributed by atoms with Crippen molar-refractivity contribution in [1.29, 1.82) is 0 Å². The van der Waals surface area contributed by atoms with Crippen molar-refractivity contribution in [2.24, 2.45) is 0 Å². The van der Waals surface area contributed by atoms with Gasteiger partial charge < -0.3 is 4.57 Å². The molecule has 1 atom stereocenters. The zero-order chi connectivity index (χ0) is 20.8. The zero-order valence-electron chi connectivity index (χ0n) is 16.1. The van der Waals surface area contributed by atoms with Crippen LogP contribution in [0.1, 0.15) is 16.4 Å². The Balaban J connectivity index is 1.50. The molecule has 0 spiro atoms. The lowest BCUT2D eigenvalue weighted by molar-refractivity contribution is 0.683. The first-order valence-electron chi connectivity index (χ1n) is 9.51. The Morgan fingerprint density at radius 1 is 0.867 bits per heavy atom. The predicted molar refractivity (Wildman–Crippen MR) is 130 cm³/mol. The van der Waals surface area contributed by atoms with E-state index in [1.165, 1.54) is 16.0 Å². The van der Waals surface area contributed by atoms with E-state index in [1.807, 2.05) is 48.7 Å². The van der Waals surface area contributed by atoms with Crippen LogP contribution in [0.5, 0.6) is 0 Å². The second kappa shape index (κ2) is 10.5. The highest BCUT2D eigenvalue weighted by molar-refractivity contribution is 7.99. The number of aromatic nitrogens is 2. The van der Waals surface area contributed by atoms with Crippen LogP contribution in [-0.4, -0.2) is 9.55 Å². The molecular formula is C24H20Cl2N2S2. The quantitative estimate of drug-likeness (QED) is 0.242. The number of thioether (sulfide) groups is 2. The van der Waals surface area contributed by atoms with Crippen LogP contribution in [-0.2, 0) is 12.3 Å². The Kier molecular flexibility index (Phi) is 7.45. The number of rotatable bonds is 8.